The maximum absolute atomic E-state index is 12.8. The summed E-state index contributed by atoms with van der Waals surface area (Å²) in [6, 6.07) is 5.56. The van der Waals surface area contributed by atoms with Crippen molar-refractivity contribution >= 4 is 29.2 Å². The second kappa shape index (κ2) is 7.58. The van der Waals surface area contributed by atoms with Gasteiger partial charge in [0.2, 0.25) is 6.61 Å². The van der Waals surface area contributed by atoms with Crippen LogP contribution in [0.2, 0.25) is 0 Å². The molecule has 3 aliphatic rings. The first kappa shape index (κ1) is 18.4. The minimum atomic E-state index is -0.469. The molecule has 7 nitrogen and oxygen atoms in total. The van der Waals surface area contributed by atoms with Crippen LogP contribution >= 0.6 is 0 Å². The fourth-order valence-corrected chi connectivity index (χ4v) is 4.01. The van der Waals surface area contributed by atoms with Crippen LogP contribution < -0.4 is 4.90 Å². The lowest BCUT2D eigenvalue weighted by Gasteiger charge is -2.16. The molecule has 0 saturated carbocycles. The van der Waals surface area contributed by atoms with Crippen LogP contribution in [0.25, 0.3) is 0 Å². The maximum atomic E-state index is 12.8. The van der Waals surface area contributed by atoms with Gasteiger partial charge in [0.05, 0.1) is 18.0 Å². The number of carbonyl (C=O) groups excluding carboxylic acids is 3. The van der Waals surface area contributed by atoms with Gasteiger partial charge in [0.15, 0.2) is 0 Å². The highest BCUT2D eigenvalue weighted by atomic mass is 16.7. The van der Waals surface area contributed by atoms with E-state index in [0.29, 0.717) is 48.4 Å². The number of oxime groups is 1. The monoisotopic (exact) mass is 382 g/mol. The van der Waals surface area contributed by atoms with E-state index in [-0.39, 0.29) is 18.4 Å². The van der Waals surface area contributed by atoms with Crippen molar-refractivity contribution in [3.05, 3.63) is 40.5 Å². The van der Waals surface area contributed by atoms with E-state index in [0.717, 1.165) is 30.4 Å². The molecule has 0 N–H and O–H groups in total. The third-order valence-corrected chi connectivity index (χ3v) is 5.35. The number of aryl methyl sites for hydroxylation is 1. The molecule has 0 aromatic heterocycles. The highest BCUT2D eigenvalue weighted by Gasteiger charge is 2.40. The zero-order valence-electron chi connectivity index (χ0n) is 15.8. The van der Waals surface area contributed by atoms with Crippen molar-refractivity contribution in [1.29, 1.82) is 0 Å². The first-order valence-corrected chi connectivity index (χ1v) is 9.68. The molecule has 0 unspecified atom stereocenters. The first-order chi connectivity index (χ1) is 13.6. The molecule has 28 heavy (non-hydrogen) atoms. The summed E-state index contributed by atoms with van der Waals surface area (Å²) in [7, 11) is 0. The van der Waals surface area contributed by atoms with Gasteiger partial charge in [0.25, 0.3) is 11.8 Å². The van der Waals surface area contributed by atoms with Gasteiger partial charge in [-0.2, -0.15) is 0 Å². The van der Waals surface area contributed by atoms with Crippen molar-refractivity contribution in [2.45, 2.75) is 45.4 Å². The molecule has 2 amide bonds. The average Bonchev–Trinajstić information content (AvgIpc) is 3.21. The Kier molecular flexibility index (Phi) is 4.98. The van der Waals surface area contributed by atoms with Gasteiger partial charge in [-0.25, -0.2) is 9.69 Å². The van der Waals surface area contributed by atoms with E-state index < -0.39 is 5.97 Å². The van der Waals surface area contributed by atoms with Gasteiger partial charge in [0.1, 0.15) is 0 Å². The molecule has 146 valence electrons. The van der Waals surface area contributed by atoms with Crippen molar-refractivity contribution < 1.29 is 24.0 Å². The van der Waals surface area contributed by atoms with Crippen molar-refractivity contribution in [2.24, 2.45) is 5.16 Å². The lowest BCUT2D eigenvalue weighted by atomic mass is 9.93. The molecule has 0 bridgehead atoms. The third-order valence-electron chi connectivity index (χ3n) is 5.35. The summed E-state index contributed by atoms with van der Waals surface area (Å²) < 4.78 is 4.81. The molecule has 4 rings (SSSR count). The Labute approximate surface area is 163 Å². The second-order valence-electron chi connectivity index (χ2n) is 7.07. The molecule has 1 aliphatic heterocycles. The quantitative estimate of drug-likeness (QED) is 0.444. The highest BCUT2D eigenvalue weighted by molar-refractivity contribution is 6.33. The van der Waals surface area contributed by atoms with E-state index in [9.17, 15) is 14.4 Å². The summed E-state index contributed by atoms with van der Waals surface area (Å²) >= 11 is 0. The number of carbonyl (C=O) groups is 3. The van der Waals surface area contributed by atoms with Gasteiger partial charge in [-0.3, -0.25) is 9.59 Å². The van der Waals surface area contributed by atoms with Crippen molar-refractivity contribution in [3.8, 4) is 0 Å². The van der Waals surface area contributed by atoms with Gasteiger partial charge >= 0.3 is 5.97 Å². The minimum Gasteiger partial charge on any atom is -0.463 e. The summed E-state index contributed by atoms with van der Waals surface area (Å²) in [5.41, 5.74) is 4.54. The molecular weight excluding hydrogens is 360 g/mol. The lowest BCUT2D eigenvalue weighted by molar-refractivity contribution is -0.148. The van der Waals surface area contributed by atoms with Gasteiger partial charge < -0.3 is 9.57 Å². The topological polar surface area (TPSA) is 85.3 Å². The van der Waals surface area contributed by atoms with Gasteiger partial charge in [-0.1, -0.05) is 11.2 Å². The standard InChI is InChI=1S/C21H22N2O5/c1-2-27-19(24)12-28-22-18-10-8-13-7-9-14(11-17(13)18)23-20(25)15-5-3-4-6-16(15)21(23)26/h7,9,11H,2-6,8,10,12H2,1H3/b22-18+. The van der Waals surface area contributed by atoms with Crippen LogP contribution in [-0.4, -0.2) is 36.7 Å². The van der Waals surface area contributed by atoms with E-state index in [1.54, 1.807) is 6.92 Å². The third kappa shape index (κ3) is 3.21. The van der Waals surface area contributed by atoms with E-state index in [2.05, 4.69) is 5.16 Å². The van der Waals surface area contributed by atoms with Crippen molar-refractivity contribution in [1.82, 2.24) is 0 Å². The van der Waals surface area contributed by atoms with Crippen LogP contribution in [0.3, 0.4) is 0 Å². The van der Waals surface area contributed by atoms with Crippen LogP contribution in [0.15, 0.2) is 34.5 Å². The summed E-state index contributed by atoms with van der Waals surface area (Å²) in [5, 5.41) is 4.08. The number of benzene rings is 1. The molecule has 7 heteroatoms. The molecule has 0 radical (unpaired) electrons. The van der Waals surface area contributed by atoms with Gasteiger partial charge in [-0.05, 0) is 63.1 Å². The summed E-state index contributed by atoms with van der Waals surface area (Å²) in [6.45, 7) is 1.78. The molecule has 1 aromatic carbocycles. The molecule has 1 heterocycles. The Hall–Kier alpha value is -2.96. The largest absolute Gasteiger partial charge is 0.463 e. The van der Waals surface area contributed by atoms with Crippen molar-refractivity contribution in [3.63, 3.8) is 0 Å². The average molecular weight is 382 g/mol. The normalized spacial score (nSPS) is 19.9. The zero-order chi connectivity index (χ0) is 19.7. The fraction of sp³-hybridized carbons (Fsp3) is 0.429. The number of ether oxygens (including phenoxy) is 1. The molecule has 0 saturated heterocycles. The number of esters is 1. The Morgan fingerprint density at radius 3 is 2.46 bits per heavy atom. The fourth-order valence-electron chi connectivity index (χ4n) is 4.01. The Bertz CT molecular complexity index is 887. The second-order valence-corrected chi connectivity index (χ2v) is 7.07. The van der Waals surface area contributed by atoms with Crippen LogP contribution in [0.1, 0.15) is 50.2 Å². The molecule has 0 spiro atoms. The predicted molar refractivity (Wildman–Crippen MR) is 102 cm³/mol. The van der Waals surface area contributed by atoms with E-state index in [1.807, 2.05) is 18.2 Å². The minimum absolute atomic E-state index is 0.199. The Balaban J connectivity index is 1.55. The number of hydrogen-bond donors (Lipinski definition) is 0. The molecule has 0 atom stereocenters. The smallest absolute Gasteiger partial charge is 0.347 e. The molecular formula is C21H22N2O5. The molecule has 1 aromatic rings. The summed E-state index contributed by atoms with van der Waals surface area (Å²) in [4.78, 5) is 43.4. The highest BCUT2D eigenvalue weighted by Crippen LogP contribution is 2.37. The van der Waals surface area contributed by atoms with Crippen LogP contribution in [-0.2, 0) is 30.4 Å². The lowest BCUT2D eigenvalue weighted by Crippen LogP contribution is -2.31. The number of rotatable bonds is 5. The van der Waals surface area contributed by atoms with E-state index in [4.69, 9.17) is 9.57 Å². The number of fused-ring (bicyclic) bond motifs is 1. The number of nitrogens with zero attached hydrogens (tertiary/aromatic N) is 2. The van der Waals surface area contributed by atoms with Crippen LogP contribution in [0, 0.1) is 0 Å². The summed E-state index contributed by atoms with van der Waals surface area (Å²) in [6.07, 6.45) is 4.73. The van der Waals surface area contributed by atoms with Gasteiger partial charge in [0, 0.05) is 16.7 Å². The van der Waals surface area contributed by atoms with Crippen LogP contribution in [0.4, 0.5) is 5.69 Å². The zero-order valence-corrected chi connectivity index (χ0v) is 15.8. The molecule has 2 aliphatic carbocycles. The summed E-state index contributed by atoms with van der Waals surface area (Å²) in [5.74, 6) is -0.867. The van der Waals surface area contributed by atoms with Crippen molar-refractivity contribution in [2.75, 3.05) is 18.1 Å². The first-order valence-electron chi connectivity index (χ1n) is 9.68. The van der Waals surface area contributed by atoms with E-state index in [1.165, 1.54) is 4.90 Å². The SMILES string of the molecule is CCOC(=O)CO/N=C1\CCc2ccc(N3C(=O)C4=C(CCCC4)C3=O)cc21. The Morgan fingerprint density at radius 1 is 1.07 bits per heavy atom. The van der Waals surface area contributed by atoms with Crippen LogP contribution in [0.5, 0.6) is 0 Å². The maximum Gasteiger partial charge on any atom is 0.347 e. The predicted octanol–water partition coefficient (Wildman–Crippen LogP) is 2.66. The number of hydrogen-bond acceptors (Lipinski definition) is 6. The van der Waals surface area contributed by atoms with Gasteiger partial charge in [-0.15, -0.1) is 0 Å². The number of imide groups is 1. The number of anilines is 1. The van der Waals surface area contributed by atoms with E-state index >= 15 is 0 Å². The Morgan fingerprint density at radius 2 is 1.79 bits per heavy atom. The molecule has 0 fully saturated rings. The number of amides is 2.